The summed E-state index contributed by atoms with van der Waals surface area (Å²) in [5.41, 5.74) is 7.55. The van der Waals surface area contributed by atoms with Gasteiger partial charge in [-0.1, -0.05) is 135 Å². The number of hydrogen-bond acceptors (Lipinski definition) is 2. The first kappa shape index (κ1) is 33.8. The Kier molecular flexibility index (Phi) is 11.1. The highest BCUT2D eigenvalue weighted by Crippen LogP contribution is 2.66. The molecule has 0 aromatic heterocycles. The minimum Gasteiger partial charge on any atom is -0.393 e. The Labute approximate surface area is 257 Å². The van der Waals surface area contributed by atoms with Crippen molar-refractivity contribution < 1.29 is 9.84 Å². The summed E-state index contributed by atoms with van der Waals surface area (Å²) < 4.78 is 6.25. The predicted octanol–water partition coefficient (Wildman–Crippen LogP) is 10.8. The van der Waals surface area contributed by atoms with E-state index in [1.54, 1.807) is 0 Å². The first-order valence-electron chi connectivity index (χ1n) is 15.8. The molecule has 0 aromatic carbocycles. The van der Waals surface area contributed by atoms with E-state index in [1.165, 1.54) is 52.7 Å². The smallest absolute Gasteiger partial charge is 0.121 e. The van der Waals surface area contributed by atoms with E-state index < -0.39 is 0 Å². The first-order chi connectivity index (χ1) is 19.6. The molecule has 3 atom stereocenters. The maximum absolute atomic E-state index is 10.2. The Morgan fingerprint density at radius 1 is 0.738 bits per heavy atom. The molecule has 1 heterocycles. The van der Waals surface area contributed by atoms with Crippen LogP contribution in [-0.4, -0.2) is 22.4 Å². The zero-order valence-corrected chi connectivity index (χ0v) is 28.1. The largest absolute Gasteiger partial charge is 0.393 e. The second-order valence-corrected chi connectivity index (χ2v) is 14.4. The number of ether oxygens (including phenoxy) is 1. The Morgan fingerprint density at radius 3 is 1.81 bits per heavy atom. The van der Waals surface area contributed by atoms with Crippen LogP contribution in [0.25, 0.3) is 0 Å². The lowest BCUT2D eigenvalue weighted by molar-refractivity contribution is 0.0515. The maximum Gasteiger partial charge on any atom is 0.121 e. The molecule has 2 heteroatoms. The Hall–Kier alpha value is -2.68. The molecule has 0 bridgehead atoms. The van der Waals surface area contributed by atoms with Crippen molar-refractivity contribution in [2.45, 2.75) is 119 Å². The molecule has 42 heavy (non-hydrogen) atoms. The second kappa shape index (κ2) is 13.7. The summed E-state index contributed by atoms with van der Waals surface area (Å²) in [5.74, 6) is 0. The van der Waals surface area contributed by atoms with Gasteiger partial charge in [0.15, 0.2) is 0 Å². The molecule has 3 unspecified atom stereocenters. The molecule has 3 aliphatic rings. The third-order valence-corrected chi connectivity index (χ3v) is 9.41. The lowest BCUT2D eigenvalue weighted by atomic mass is 9.63. The van der Waals surface area contributed by atoms with Gasteiger partial charge in [-0.2, -0.15) is 0 Å². The van der Waals surface area contributed by atoms with Gasteiger partial charge >= 0.3 is 0 Å². The van der Waals surface area contributed by atoms with Gasteiger partial charge in [0.25, 0.3) is 0 Å². The van der Waals surface area contributed by atoms with Crippen LogP contribution >= 0.6 is 0 Å². The molecule has 1 aliphatic heterocycles. The molecule has 2 aliphatic carbocycles. The van der Waals surface area contributed by atoms with Crippen molar-refractivity contribution >= 4 is 0 Å². The lowest BCUT2D eigenvalue weighted by Crippen LogP contribution is -2.46. The predicted molar refractivity (Wildman–Crippen MR) is 182 cm³/mol. The third kappa shape index (κ3) is 8.45. The number of epoxide rings is 1. The summed E-state index contributed by atoms with van der Waals surface area (Å²) in [7, 11) is 0. The van der Waals surface area contributed by atoms with Crippen molar-refractivity contribution in [2.75, 3.05) is 0 Å². The normalized spacial score (nSPS) is 31.0. The van der Waals surface area contributed by atoms with E-state index in [1.807, 2.05) is 0 Å². The summed E-state index contributed by atoms with van der Waals surface area (Å²) in [4.78, 5) is 0. The van der Waals surface area contributed by atoms with Crippen molar-refractivity contribution in [3.8, 4) is 0 Å². The molecule has 0 aromatic rings. The summed E-state index contributed by atoms with van der Waals surface area (Å²) in [6.07, 6.45) is 35.2. The van der Waals surface area contributed by atoms with E-state index in [0.717, 1.165) is 6.42 Å². The standard InChI is InChI=1S/C40H56O2/c1-30(18-13-20-32(3)23-24-36-34(5)22-15-26-37(36,6)7)16-11-12-17-31(2)19-14-21-33(4)25-27-40-38(8,9)28-35(41)29-39(40,10)42-40/h11-14,16-21,23-25,27,35,41H,15,22,26,28-29H2,1-10H3. The maximum atomic E-state index is 10.2. The van der Waals surface area contributed by atoms with Crippen molar-refractivity contribution in [3.63, 3.8) is 0 Å². The van der Waals surface area contributed by atoms with Gasteiger partial charge < -0.3 is 9.84 Å². The molecule has 1 saturated heterocycles. The number of allylic oxidation sites excluding steroid dienone is 19. The van der Waals surface area contributed by atoms with Gasteiger partial charge in [-0.05, 0) is 84.3 Å². The van der Waals surface area contributed by atoms with E-state index in [4.69, 9.17) is 4.74 Å². The highest BCUT2D eigenvalue weighted by atomic mass is 16.6. The quantitative estimate of drug-likeness (QED) is 0.210. The van der Waals surface area contributed by atoms with Crippen LogP contribution in [0.1, 0.15) is 101 Å². The fraction of sp³-hybridized carbons (Fsp3) is 0.500. The van der Waals surface area contributed by atoms with Crippen molar-refractivity contribution in [2.24, 2.45) is 10.8 Å². The van der Waals surface area contributed by atoms with Crippen molar-refractivity contribution in [1.82, 2.24) is 0 Å². The molecule has 0 amide bonds. The van der Waals surface area contributed by atoms with Gasteiger partial charge in [-0.15, -0.1) is 0 Å². The van der Waals surface area contributed by atoms with Crippen molar-refractivity contribution in [1.29, 1.82) is 0 Å². The lowest BCUT2D eigenvalue weighted by Gasteiger charge is -2.39. The fourth-order valence-electron chi connectivity index (χ4n) is 6.89. The molecule has 228 valence electrons. The Bertz CT molecular complexity index is 1300. The van der Waals surface area contributed by atoms with E-state index >= 15 is 0 Å². The minimum atomic E-state index is -0.283. The van der Waals surface area contributed by atoms with Crippen LogP contribution in [0, 0.1) is 10.8 Å². The number of fused-ring (bicyclic) bond motifs is 1. The summed E-state index contributed by atoms with van der Waals surface area (Å²) in [5, 5.41) is 10.2. The van der Waals surface area contributed by atoms with E-state index in [2.05, 4.69) is 154 Å². The van der Waals surface area contributed by atoms with Crippen molar-refractivity contribution in [3.05, 3.63) is 119 Å². The highest BCUT2D eigenvalue weighted by molar-refractivity contribution is 5.38. The van der Waals surface area contributed by atoms with Crippen LogP contribution in [0.3, 0.4) is 0 Å². The van der Waals surface area contributed by atoms with Crippen LogP contribution < -0.4 is 0 Å². The van der Waals surface area contributed by atoms with Gasteiger partial charge in [0, 0.05) is 11.8 Å². The summed E-state index contributed by atoms with van der Waals surface area (Å²) in [6.45, 7) is 22.1. The summed E-state index contributed by atoms with van der Waals surface area (Å²) >= 11 is 0. The van der Waals surface area contributed by atoms with Crippen LogP contribution in [0.5, 0.6) is 0 Å². The van der Waals surface area contributed by atoms with Gasteiger partial charge in [0.2, 0.25) is 0 Å². The minimum absolute atomic E-state index is 0.0868. The molecular formula is C40H56O2. The molecule has 0 spiro atoms. The van der Waals surface area contributed by atoms with Gasteiger partial charge in [0.05, 0.1) is 6.10 Å². The number of hydrogen-bond donors (Lipinski definition) is 1. The highest BCUT2D eigenvalue weighted by Gasteiger charge is 2.74. The zero-order valence-electron chi connectivity index (χ0n) is 28.1. The number of aliphatic hydroxyl groups excluding tert-OH is 1. The molecular weight excluding hydrogens is 512 g/mol. The Morgan fingerprint density at radius 2 is 1.26 bits per heavy atom. The summed E-state index contributed by atoms with van der Waals surface area (Å²) in [6, 6.07) is 0. The molecule has 1 saturated carbocycles. The molecule has 2 nitrogen and oxygen atoms in total. The molecule has 0 radical (unpaired) electrons. The van der Waals surface area contributed by atoms with Crippen LogP contribution in [0.2, 0.25) is 0 Å². The SMILES string of the molecule is CC(C=CC=C(C)C=CC1=C(C)CCCC1(C)C)=CC=CC=C(C)C=CC=C(C)C=CC12OC1(C)CC(O)CC2(C)C. The fourth-order valence-corrected chi connectivity index (χ4v) is 6.89. The third-order valence-electron chi connectivity index (χ3n) is 9.41. The molecule has 1 N–H and O–H groups in total. The number of rotatable bonds is 10. The zero-order chi connectivity index (χ0) is 31.2. The van der Waals surface area contributed by atoms with Crippen LogP contribution in [-0.2, 0) is 4.74 Å². The number of aliphatic hydroxyl groups is 1. The monoisotopic (exact) mass is 568 g/mol. The first-order valence-corrected chi connectivity index (χ1v) is 15.8. The topological polar surface area (TPSA) is 32.8 Å². The van der Waals surface area contributed by atoms with Crippen LogP contribution in [0.4, 0.5) is 0 Å². The van der Waals surface area contributed by atoms with Gasteiger partial charge in [0.1, 0.15) is 11.2 Å². The average molecular weight is 569 g/mol. The van der Waals surface area contributed by atoms with E-state index in [-0.39, 0.29) is 28.1 Å². The van der Waals surface area contributed by atoms with Gasteiger partial charge in [-0.25, -0.2) is 0 Å². The Balaban J connectivity index is 1.49. The second-order valence-electron chi connectivity index (χ2n) is 14.4. The van der Waals surface area contributed by atoms with E-state index in [9.17, 15) is 5.11 Å². The van der Waals surface area contributed by atoms with Gasteiger partial charge in [-0.3, -0.25) is 0 Å². The average Bonchev–Trinajstić information content (AvgIpc) is 3.50. The molecule has 2 fully saturated rings. The molecule has 3 rings (SSSR count). The van der Waals surface area contributed by atoms with Crippen LogP contribution in [0.15, 0.2) is 119 Å². The van der Waals surface area contributed by atoms with E-state index in [0.29, 0.717) is 6.42 Å².